The average Bonchev–Trinajstić information content (AvgIpc) is 2.67. The van der Waals surface area contributed by atoms with Gasteiger partial charge in [-0.1, -0.05) is 6.92 Å². The number of piperidine rings is 2. The van der Waals surface area contributed by atoms with Crippen LogP contribution in [0.15, 0.2) is 23.3 Å². The van der Waals surface area contributed by atoms with Gasteiger partial charge in [0.1, 0.15) is 5.82 Å². The number of nitrogens with zero attached hydrogens (tertiary/aromatic N) is 4. The molecule has 0 atom stereocenters. The predicted molar refractivity (Wildman–Crippen MR) is 105 cm³/mol. The lowest BCUT2D eigenvalue weighted by molar-refractivity contribution is 0.273. The van der Waals surface area contributed by atoms with Crippen LogP contribution in [0.5, 0.6) is 0 Å². The molecule has 5 heteroatoms. The molecule has 25 heavy (non-hydrogen) atoms. The molecule has 5 nitrogen and oxygen atoms in total. The van der Waals surface area contributed by atoms with Crippen molar-refractivity contribution in [2.75, 3.05) is 37.6 Å². The van der Waals surface area contributed by atoms with E-state index in [4.69, 9.17) is 4.99 Å². The van der Waals surface area contributed by atoms with Crippen molar-refractivity contribution in [1.82, 2.24) is 15.2 Å². The smallest absolute Gasteiger partial charge is 0.194 e. The van der Waals surface area contributed by atoms with Crippen molar-refractivity contribution in [3.05, 3.63) is 23.9 Å². The Kier molecular flexibility index (Phi) is 6.54. The van der Waals surface area contributed by atoms with Gasteiger partial charge in [0, 0.05) is 38.9 Å². The van der Waals surface area contributed by atoms with Gasteiger partial charge in [-0.25, -0.2) is 9.98 Å². The van der Waals surface area contributed by atoms with Crippen molar-refractivity contribution in [1.29, 1.82) is 0 Å². The summed E-state index contributed by atoms with van der Waals surface area (Å²) in [6, 6.07) is 4.31. The molecule has 2 saturated heterocycles. The molecule has 2 aliphatic rings. The molecule has 1 aromatic heterocycles. The normalized spacial score (nSPS) is 20.0. The van der Waals surface area contributed by atoms with Gasteiger partial charge in [0.15, 0.2) is 5.96 Å². The zero-order chi connectivity index (χ0) is 17.5. The van der Waals surface area contributed by atoms with Crippen LogP contribution in [0.2, 0.25) is 0 Å². The maximum absolute atomic E-state index is 4.90. The summed E-state index contributed by atoms with van der Waals surface area (Å²) in [4.78, 5) is 14.3. The Morgan fingerprint density at radius 1 is 1.20 bits per heavy atom. The average molecular weight is 344 g/mol. The predicted octanol–water partition coefficient (Wildman–Crippen LogP) is 3.27. The monoisotopic (exact) mass is 343 g/mol. The van der Waals surface area contributed by atoms with Crippen molar-refractivity contribution in [2.45, 2.75) is 52.5 Å². The molecule has 0 aliphatic carbocycles. The van der Waals surface area contributed by atoms with Gasteiger partial charge in [0.2, 0.25) is 0 Å². The molecule has 0 amide bonds. The quantitative estimate of drug-likeness (QED) is 0.673. The van der Waals surface area contributed by atoms with E-state index in [0.717, 1.165) is 57.0 Å². The number of rotatable bonds is 4. The molecule has 138 valence electrons. The number of nitrogens with one attached hydrogen (secondary N) is 1. The van der Waals surface area contributed by atoms with Gasteiger partial charge in [-0.05, 0) is 62.6 Å². The Morgan fingerprint density at radius 2 is 1.96 bits per heavy atom. The maximum atomic E-state index is 4.90. The zero-order valence-corrected chi connectivity index (χ0v) is 15.9. The van der Waals surface area contributed by atoms with Crippen LogP contribution in [0.1, 0.15) is 51.5 Å². The van der Waals surface area contributed by atoms with Crippen LogP contribution in [-0.4, -0.2) is 48.6 Å². The summed E-state index contributed by atoms with van der Waals surface area (Å²) >= 11 is 0. The zero-order valence-electron chi connectivity index (χ0n) is 15.9. The van der Waals surface area contributed by atoms with E-state index < -0.39 is 0 Å². The summed E-state index contributed by atoms with van der Waals surface area (Å²) in [7, 11) is 0. The number of likely N-dealkylation sites (tertiary alicyclic amines) is 1. The Labute approximate surface area is 152 Å². The van der Waals surface area contributed by atoms with Crippen LogP contribution in [0.4, 0.5) is 5.82 Å². The van der Waals surface area contributed by atoms with E-state index in [1.807, 2.05) is 6.20 Å². The van der Waals surface area contributed by atoms with Gasteiger partial charge < -0.3 is 15.1 Å². The first kappa shape index (κ1) is 18.0. The summed E-state index contributed by atoms with van der Waals surface area (Å²) in [5.74, 6) is 3.02. The third-order valence-corrected chi connectivity index (χ3v) is 5.32. The highest BCUT2D eigenvalue weighted by Crippen LogP contribution is 2.19. The molecule has 1 N–H and O–H groups in total. The van der Waals surface area contributed by atoms with Crippen molar-refractivity contribution in [2.24, 2.45) is 10.9 Å². The van der Waals surface area contributed by atoms with Gasteiger partial charge in [-0.2, -0.15) is 0 Å². The van der Waals surface area contributed by atoms with Crippen LogP contribution >= 0.6 is 0 Å². The summed E-state index contributed by atoms with van der Waals surface area (Å²) in [5.41, 5.74) is 1.25. The van der Waals surface area contributed by atoms with Crippen molar-refractivity contribution < 1.29 is 0 Å². The maximum Gasteiger partial charge on any atom is 0.194 e. The van der Waals surface area contributed by atoms with E-state index in [2.05, 4.69) is 46.1 Å². The molecule has 1 aromatic rings. The summed E-state index contributed by atoms with van der Waals surface area (Å²) in [5, 5.41) is 3.47. The fourth-order valence-corrected chi connectivity index (χ4v) is 3.67. The number of aromatic nitrogens is 1. The van der Waals surface area contributed by atoms with Gasteiger partial charge in [0.05, 0.1) is 6.54 Å². The molecule has 0 radical (unpaired) electrons. The minimum absolute atomic E-state index is 0.720. The highest BCUT2D eigenvalue weighted by Gasteiger charge is 2.18. The molecule has 0 unspecified atom stereocenters. The second-order valence-electron chi connectivity index (χ2n) is 7.41. The van der Waals surface area contributed by atoms with E-state index in [-0.39, 0.29) is 0 Å². The largest absolute Gasteiger partial charge is 0.357 e. The number of hydrogen-bond donors (Lipinski definition) is 1. The minimum atomic E-state index is 0.720. The van der Waals surface area contributed by atoms with Gasteiger partial charge in [-0.3, -0.25) is 0 Å². The van der Waals surface area contributed by atoms with Crippen molar-refractivity contribution in [3.63, 3.8) is 0 Å². The van der Waals surface area contributed by atoms with E-state index >= 15 is 0 Å². The molecule has 3 rings (SSSR count). The lowest BCUT2D eigenvalue weighted by Gasteiger charge is -2.33. The first-order chi connectivity index (χ1) is 12.3. The lowest BCUT2D eigenvalue weighted by atomic mass is 10.00. The Hall–Kier alpha value is -1.78. The molecule has 2 aliphatic heterocycles. The summed E-state index contributed by atoms with van der Waals surface area (Å²) < 4.78 is 0. The van der Waals surface area contributed by atoms with Crippen molar-refractivity contribution in [3.8, 4) is 0 Å². The molecule has 0 aromatic carbocycles. The lowest BCUT2D eigenvalue weighted by Crippen LogP contribution is -2.45. The van der Waals surface area contributed by atoms with Gasteiger partial charge in [0.25, 0.3) is 0 Å². The third-order valence-electron chi connectivity index (χ3n) is 5.32. The SMILES string of the molecule is CCNC(=NCc1ccnc(N2CCCCC2)c1)N1CCC(C)CC1. The van der Waals surface area contributed by atoms with Gasteiger partial charge >= 0.3 is 0 Å². The standard InChI is InChI=1S/C20H33N5/c1-3-21-20(25-13-8-17(2)9-14-25)23-16-18-7-10-22-19(15-18)24-11-5-4-6-12-24/h7,10,15,17H,3-6,8-9,11-14,16H2,1-2H3,(H,21,23). The third kappa shape index (κ3) is 5.10. The molecule has 0 bridgehead atoms. The summed E-state index contributed by atoms with van der Waals surface area (Å²) in [6.07, 6.45) is 8.37. The Morgan fingerprint density at radius 3 is 2.68 bits per heavy atom. The topological polar surface area (TPSA) is 43.8 Å². The molecular formula is C20H33N5. The molecule has 2 fully saturated rings. The molecule has 0 saturated carbocycles. The van der Waals surface area contributed by atoms with Crippen LogP contribution in [-0.2, 0) is 6.54 Å². The van der Waals surface area contributed by atoms with Gasteiger partial charge in [-0.15, -0.1) is 0 Å². The van der Waals surface area contributed by atoms with E-state index in [9.17, 15) is 0 Å². The molecular weight excluding hydrogens is 310 g/mol. The molecule has 0 spiro atoms. The van der Waals surface area contributed by atoms with E-state index in [1.54, 1.807) is 0 Å². The highest BCUT2D eigenvalue weighted by molar-refractivity contribution is 5.80. The number of pyridine rings is 1. The number of guanidine groups is 1. The number of hydrogen-bond acceptors (Lipinski definition) is 3. The minimum Gasteiger partial charge on any atom is -0.357 e. The van der Waals surface area contributed by atoms with Crippen LogP contribution in [0.3, 0.4) is 0 Å². The second-order valence-corrected chi connectivity index (χ2v) is 7.41. The summed E-state index contributed by atoms with van der Waals surface area (Å²) in [6.45, 7) is 10.6. The highest BCUT2D eigenvalue weighted by atomic mass is 15.3. The number of aliphatic imine (C=N–C) groups is 1. The second kappa shape index (κ2) is 9.07. The van der Waals surface area contributed by atoms with Crippen LogP contribution < -0.4 is 10.2 Å². The fraction of sp³-hybridized carbons (Fsp3) is 0.700. The van der Waals surface area contributed by atoms with Crippen molar-refractivity contribution >= 4 is 11.8 Å². The first-order valence-electron chi connectivity index (χ1n) is 9.99. The van der Waals surface area contributed by atoms with E-state index in [0.29, 0.717) is 0 Å². The molecule has 3 heterocycles. The van der Waals surface area contributed by atoms with Crippen LogP contribution in [0.25, 0.3) is 0 Å². The first-order valence-corrected chi connectivity index (χ1v) is 9.99. The van der Waals surface area contributed by atoms with Crippen LogP contribution in [0, 0.1) is 5.92 Å². The van der Waals surface area contributed by atoms with E-state index in [1.165, 1.54) is 37.7 Å². The Balaban J connectivity index is 1.65. The fourth-order valence-electron chi connectivity index (χ4n) is 3.67. The number of anilines is 1. The Bertz CT molecular complexity index is 557.